The number of ether oxygens (including phenoxy) is 1. The second-order valence-corrected chi connectivity index (χ2v) is 13.2. The zero-order valence-electron chi connectivity index (χ0n) is 28.8. The number of aromatic nitrogens is 4. The van der Waals surface area contributed by atoms with Gasteiger partial charge in [0.1, 0.15) is 5.82 Å². The van der Waals surface area contributed by atoms with Crippen LogP contribution in [0.3, 0.4) is 0 Å². The molecule has 6 heteroatoms. The molecule has 0 aliphatic rings. The van der Waals surface area contributed by atoms with E-state index in [9.17, 15) is 0 Å². The van der Waals surface area contributed by atoms with Gasteiger partial charge in [-0.3, -0.25) is 4.68 Å². The van der Waals surface area contributed by atoms with Crippen LogP contribution in [0, 0.1) is 39.8 Å². The van der Waals surface area contributed by atoms with Crippen LogP contribution in [0.1, 0.15) is 73.2 Å². The Balaban J connectivity index is 0.00000401. The fourth-order valence-electron chi connectivity index (χ4n) is 6.71. The number of nitrogens with zero attached hydrogens (tertiary/aromatic N) is 4. The summed E-state index contributed by atoms with van der Waals surface area (Å²) >= 11 is 0. The summed E-state index contributed by atoms with van der Waals surface area (Å²) in [5.74, 6) is 2.80. The summed E-state index contributed by atoms with van der Waals surface area (Å²) in [6.45, 7) is 17.4. The standard InChI is InChI=1S/C42H40N4O.Pd/c1-25(2)31-18-19-43-40(22-31)45-38-15-10-9-14-36(38)37-17-16-34(24-39(37)45)47-35-21-32(26(3)4)20-33(23-35)46-30(8)42(29(7)44-46)41-27(5)12-11-13-28(41)6;/h9-22,25-26H,1-8H3;/q-2;+2. The summed E-state index contributed by atoms with van der Waals surface area (Å²) in [5.41, 5.74) is 12.2. The van der Waals surface area contributed by atoms with Gasteiger partial charge in [-0.2, -0.15) is 11.2 Å². The Hall–Kier alpha value is -4.50. The van der Waals surface area contributed by atoms with Crippen LogP contribution in [0.4, 0.5) is 0 Å². The van der Waals surface area contributed by atoms with E-state index in [1.54, 1.807) is 0 Å². The molecule has 0 bridgehead atoms. The zero-order chi connectivity index (χ0) is 33.0. The number of rotatable bonds is 7. The van der Waals surface area contributed by atoms with E-state index in [1.165, 1.54) is 27.8 Å². The van der Waals surface area contributed by atoms with E-state index in [0.29, 0.717) is 17.4 Å². The summed E-state index contributed by atoms with van der Waals surface area (Å²) < 4.78 is 10.8. The Morgan fingerprint density at radius 2 is 1.42 bits per heavy atom. The van der Waals surface area contributed by atoms with Crippen LogP contribution in [0.25, 0.3) is 44.4 Å². The van der Waals surface area contributed by atoms with Crippen LogP contribution in [-0.2, 0) is 20.4 Å². The number of pyridine rings is 1. The summed E-state index contributed by atoms with van der Waals surface area (Å²) in [6.07, 6.45) is 1.89. The number of hydrogen-bond acceptors (Lipinski definition) is 3. The van der Waals surface area contributed by atoms with Gasteiger partial charge in [0.05, 0.1) is 5.69 Å². The summed E-state index contributed by atoms with van der Waals surface area (Å²) in [6, 6.07) is 34.7. The van der Waals surface area contributed by atoms with Crippen molar-refractivity contribution in [2.45, 2.75) is 67.2 Å². The first-order valence-electron chi connectivity index (χ1n) is 16.4. The first kappa shape index (κ1) is 33.4. The van der Waals surface area contributed by atoms with Gasteiger partial charge in [0.2, 0.25) is 0 Å². The third-order valence-electron chi connectivity index (χ3n) is 9.21. The van der Waals surface area contributed by atoms with Crippen LogP contribution in [0.2, 0.25) is 0 Å². The molecule has 0 spiro atoms. The molecule has 0 unspecified atom stereocenters. The summed E-state index contributed by atoms with van der Waals surface area (Å²) in [7, 11) is 0. The molecule has 7 aromatic rings. The number of aryl methyl sites for hydroxylation is 3. The second kappa shape index (κ2) is 13.2. The van der Waals surface area contributed by atoms with Crippen molar-refractivity contribution in [3.63, 3.8) is 0 Å². The Kier molecular flexibility index (Phi) is 9.18. The fraction of sp³-hybridized carbons (Fsp3) is 0.238. The molecule has 3 heterocycles. The third kappa shape index (κ3) is 5.89. The molecule has 48 heavy (non-hydrogen) atoms. The minimum Gasteiger partial charge on any atom is -0.509 e. The Morgan fingerprint density at radius 3 is 2.15 bits per heavy atom. The van der Waals surface area contributed by atoms with E-state index >= 15 is 0 Å². The molecule has 7 rings (SSSR count). The van der Waals surface area contributed by atoms with Crippen molar-refractivity contribution in [2.24, 2.45) is 0 Å². The maximum absolute atomic E-state index is 6.60. The van der Waals surface area contributed by atoms with Gasteiger partial charge in [-0.15, -0.1) is 41.3 Å². The molecule has 244 valence electrons. The molecule has 0 aliphatic carbocycles. The molecule has 0 N–H and O–H groups in total. The molecule has 0 radical (unpaired) electrons. The van der Waals surface area contributed by atoms with E-state index in [2.05, 4.69) is 145 Å². The fourth-order valence-corrected chi connectivity index (χ4v) is 6.71. The molecule has 0 aliphatic heterocycles. The Bertz CT molecular complexity index is 2270. The topological polar surface area (TPSA) is 44.9 Å². The van der Waals surface area contributed by atoms with Crippen molar-refractivity contribution in [1.82, 2.24) is 19.3 Å². The normalized spacial score (nSPS) is 11.5. The van der Waals surface area contributed by atoms with Crippen molar-refractivity contribution >= 4 is 21.8 Å². The molecular formula is C42H40N4OPd. The Labute approximate surface area is 297 Å². The second-order valence-electron chi connectivity index (χ2n) is 13.2. The number of hydrogen-bond donors (Lipinski definition) is 0. The largest absolute Gasteiger partial charge is 2.00 e. The SMILES string of the molecule is Cc1cccc(C)c1-c1c(C)nn(-c2[c-]c(Oc3[c-]c4c(cc3)c3ccccc3n4-c3cc(C(C)C)ccn3)cc(C(C)C)c2)c1C.[Pd+2]. The van der Waals surface area contributed by atoms with Gasteiger partial charge < -0.3 is 9.30 Å². The van der Waals surface area contributed by atoms with Gasteiger partial charge >= 0.3 is 20.4 Å². The van der Waals surface area contributed by atoms with E-state index in [-0.39, 0.29) is 26.3 Å². The van der Waals surface area contributed by atoms with Crippen LogP contribution in [0.5, 0.6) is 11.5 Å². The Morgan fingerprint density at radius 1 is 0.688 bits per heavy atom. The molecule has 3 aromatic heterocycles. The predicted octanol–water partition coefficient (Wildman–Crippen LogP) is 10.9. The zero-order valence-corrected chi connectivity index (χ0v) is 30.3. The molecule has 0 atom stereocenters. The summed E-state index contributed by atoms with van der Waals surface area (Å²) in [4.78, 5) is 4.79. The average molecular weight is 723 g/mol. The molecule has 0 saturated carbocycles. The average Bonchev–Trinajstić information content (AvgIpc) is 3.53. The smallest absolute Gasteiger partial charge is 0.509 e. The van der Waals surface area contributed by atoms with Crippen molar-refractivity contribution < 1.29 is 25.2 Å². The quantitative estimate of drug-likeness (QED) is 0.122. The molecule has 0 fully saturated rings. The first-order valence-corrected chi connectivity index (χ1v) is 16.4. The van der Waals surface area contributed by atoms with E-state index in [4.69, 9.17) is 14.8 Å². The molecule has 4 aromatic carbocycles. The van der Waals surface area contributed by atoms with Gasteiger partial charge in [0.15, 0.2) is 0 Å². The van der Waals surface area contributed by atoms with Crippen molar-refractivity contribution in [3.05, 3.63) is 131 Å². The third-order valence-corrected chi connectivity index (χ3v) is 9.21. The van der Waals surface area contributed by atoms with Gasteiger partial charge in [0, 0.05) is 34.5 Å². The van der Waals surface area contributed by atoms with Crippen LogP contribution in [0.15, 0.2) is 85.1 Å². The molecule has 0 saturated heterocycles. The number of fused-ring (bicyclic) bond motifs is 3. The van der Waals surface area contributed by atoms with Crippen molar-refractivity contribution in [3.8, 4) is 34.1 Å². The van der Waals surface area contributed by atoms with E-state index < -0.39 is 0 Å². The van der Waals surface area contributed by atoms with Gasteiger partial charge in [-0.05, 0) is 91.1 Å². The van der Waals surface area contributed by atoms with Crippen LogP contribution < -0.4 is 4.74 Å². The van der Waals surface area contributed by atoms with E-state index in [1.807, 2.05) is 16.9 Å². The van der Waals surface area contributed by atoms with Crippen molar-refractivity contribution in [2.75, 3.05) is 0 Å². The number of benzene rings is 4. The number of para-hydroxylation sites is 1. The molecular weight excluding hydrogens is 683 g/mol. The van der Waals surface area contributed by atoms with Gasteiger partial charge in [-0.25, -0.2) is 4.98 Å². The van der Waals surface area contributed by atoms with Crippen LogP contribution in [-0.4, -0.2) is 19.3 Å². The minimum atomic E-state index is 0. The molecule has 0 amide bonds. The molecule has 5 nitrogen and oxygen atoms in total. The predicted molar refractivity (Wildman–Crippen MR) is 192 cm³/mol. The minimum absolute atomic E-state index is 0. The monoisotopic (exact) mass is 722 g/mol. The van der Waals surface area contributed by atoms with Gasteiger partial charge in [-0.1, -0.05) is 69.6 Å². The van der Waals surface area contributed by atoms with Gasteiger partial charge in [0.25, 0.3) is 0 Å². The first-order chi connectivity index (χ1) is 22.6. The summed E-state index contributed by atoms with van der Waals surface area (Å²) in [5, 5.41) is 7.29. The van der Waals surface area contributed by atoms with Crippen molar-refractivity contribution in [1.29, 1.82) is 0 Å². The maximum atomic E-state index is 6.60. The maximum Gasteiger partial charge on any atom is 2.00 e. The van der Waals surface area contributed by atoms with Crippen LogP contribution >= 0.6 is 0 Å². The van der Waals surface area contributed by atoms with E-state index in [0.717, 1.165) is 50.3 Å².